The van der Waals surface area contributed by atoms with E-state index in [9.17, 15) is 44.4 Å². The maximum Gasteiger partial charge on any atom is 0.501 e. The summed E-state index contributed by atoms with van der Waals surface area (Å²) in [6.07, 6.45) is 1.70. The zero-order chi connectivity index (χ0) is 57.4. The van der Waals surface area contributed by atoms with Crippen molar-refractivity contribution in [2.75, 3.05) is 90.8 Å². The molecule has 3 saturated heterocycles. The van der Waals surface area contributed by atoms with Crippen LogP contribution in [0.5, 0.6) is 0 Å². The van der Waals surface area contributed by atoms with Crippen LogP contribution in [0.4, 0.5) is 35.9 Å². The largest absolute Gasteiger partial charge is 0.501 e. The first-order valence-corrected chi connectivity index (χ1v) is 34.0. The van der Waals surface area contributed by atoms with Crippen molar-refractivity contribution in [1.29, 1.82) is 0 Å². The number of piperazine rings is 1. The molecule has 3 fully saturated rings. The summed E-state index contributed by atoms with van der Waals surface area (Å²) in [5.41, 5.74) is -0.0497. The van der Waals surface area contributed by atoms with Gasteiger partial charge in [-0.05, 0) is 130 Å². The minimum absolute atomic E-state index is 0.0355. The smallest absolute Gasteiger partial charge is 0.380 e. The molecule has 6 aromatic rings. The van der Waals surface area contributed by atoms with Gasteiger partial charge in [0.25, 0.3) is 9.84 Å². The number of piperidine rings is 1. The van der Waals surface area contributed by atoms with Crippen molar-refractivity contribution >= 4 is 86.4 Å². The first-order valence-electron chi connectivity index (χ1n) is 26.1. The molecule has 0 saturated carbocycles. The second-order valence-electron chi connectivity index (χ2n) is 20.4. The SMILES string of the molecule is Cc1c(S(C)(=O)=O)c(-c2cccc(N3CCN(c4ccc(N5CCO[P@]5(=O)c5ccc(N[C@H](CCN6CCC(OP(=O)(O)O)CC6)CSc6ccccc6)c(S(=O)(=O)C(F)(F)F)c5)cc4)CC3)c2)c(-c2ccc(Cl)cc2)n1C(C)C. The molecule has 16 nitrogen and oxygen atoms in total. The topological polar surface area (TPSA) is 191 Å². The number of nitrogens with zero attached hydrogens (tertiary/aromatic N) is 5. The number of sulfone groups is 2. The Kier molecular flexibility index (Phi) is 18.1. The fourth-order valence-corrected chi connectivity index (χ4v) is 17.1. The van der Waals surface area contributed by atoms with Gasteiger partial charge >= 0.3 is 20.9 Å². The van der Waals surface area contributed by atoms with Crippen molar-refractivity contribution < 1.29 is 58.0 Å². The van der Waals surface area contributed by atoms with Crippen LogP contribution in [-0.2, 0) is 37.9 Å². The van der Waals surface area contributed by atoms with Gasteiger partial charge in [0.15, 0.2) is 9.84 Å². The predicted molar refractivity (Wildman–Crippen MR) is 311 cm³/mol. The first kappa shape index (κ1) is 59.8. The van der Waals surface area contributed by atoms with Gasteiger partial charge in [0.1, 0.15) is 4.90 Å². The lowest BCUT2D eigenvalue weighted by Gasteiger charge is -2.37. The van der Waals surface area contributed by atoms with Gasteiger partial charge in [-0.25, -0.2) is 21.4 Å². The summed E-state index contributed by atoms with van der Waals surface area (Å²) in [5, 5.41) is 3.45. The molecule has 3 N–H and O–H groups in total. The van der Waals surface area contributed by atoms with Gasteiger partial charge in [-0.3, -0.25) is 13.8 Å². The average Bonchev–Trinajstić information content (AvgIpc) is 4.18. The predicted octanol–water partition coefficient (Wildman–Crippen LogP) is 11.3. The van der Waals surface area contributed by atoms with E-state index in [1.165, 1.54) is 34.8 Å². The van der Waals surface area contributed by atoms with Crippen LogP contribution in [0, 0.1) is 6.92 Å². The molecule has 430 valence electrons. The van der Waals surface area contributed by atoms with Crippen LogP contribution < -0.4 is 25.1 Å². The van der Waals surface area contributed by atoms with Crippen LogP contribution in [0.1, 0.15) is 44.8 Å². The molecule has 0 bridgehead atoms. The molecular weight excluding hydrogens is 1160 g/mol. The summed E-state index contributed by atoms with van der Waals surface area (Å²) in [5.74, 6) is 0.334. The van der Waals surface area contributed by atoms with E-state index in [0.29, 0.717) is 92.8 Å². The molecule has 0 amide bonds. The number of phosphoric acid groups is 1. The van der Waals surface area contributed by atoms with Crippen LogP contribution in [0.3, 0.4) is 0 Å². The van der Waals surface area contributed by atoms with Gasteiger partial charge in [-0.1, -0.05) is 54.1 Å². The highest BCUT2D eigenvalue weighted by Crippen LogP contribution is 2.56. The Bertz CT molecular complexity index is 3510. The number of phosphoric ester groups is 1. The summed E-state index contributed by atoms with van der Waals surface area (Å²) < 4.78 is 139. The fraction of sp³-hybridized carbons (Fsp3) is 0.382. The standard InChI is InChI=1S/C55H64ClF3N6O10P2S3/c1-38(2)65-39(3)54(79(4,70)71)52(53(65)40-13-15-42(56)16-14-40)41-9-8-10-46(35-41)63-31-29-62(30-32-63)44-17-19-45(20-18-44)64-33-34-74-76(64,66)48-21-22-50(51(36-48)80(72,73)55(57,58)59)60-43(37-78-49-11-6-5-7-12-49)23-26-61-27-24-47(25-28-61)75-77(67,68)69/h5-22,35-36,38,43,47,60H,23-34,37H2,1-4H3,(H2,67,68,69)/t43-,76-/m1/s1. The van der Waals surface area contributed by atoms with Gasteiger partial charge < -0.3 is 38.9 Å². The molecule has 0 radical (unpaired) electrons. The van der Waals surface area contributed by atoms with E-state index in [0.717, 1.165) is 39.2 Å². The van der Waals surface area contributed by atoms with Crippen molar-refractivity contribution in [3.63, 3.8) is 0 Å². The summed E-state index contributed by atoms with van der Waals surface area (Å²) in [4.78, 5) is 25.1. The Labute approximate surface area is 474 Å². The summed E-state index contributed by atoms with van der Waals surface area (Å²) in [6.45, 7) is 9.85. The van der Waals surface area contributed by atoms with Crippen LogP contribution in [-0.4, -0.2) is 125 Å². The highest BCUT2D eigenvalue weighted by Gasteiger charge is 2.50. The second kappa shape index (κ2) is 24.2. The molecule has 5 aromatic carbocycles. The number of hydrogen-bond acceptors (Lipinski definition) is 13. The van der Waals surface area contributed by atoms with Gasteiger partial charge in [-0.2, -0.15) is 13.2 Å². The normalized spacial score (nSPS) is 18.6. The number of nitrogens with one attached hydrogen (secondary N) is 1. The van der Waals surface area contributed by atoms with Crippen molar-refractivity contribution in [2.24, 2.45) is 0 Å². The Morgan fingerprint density at radius 3 is 2.06 bits per heavy atom. The molecule has 4 heterocycles. The van der Waals surface area contributed by atoms with E-state index < -0.39 is 57.6 Å². The van der Waals surface area contributed by atoms with Gasteiger partial charge in [0.2, 0.25) is 0 Å². The second-order valence-corrected chi connectivity index (χ2v) is 29.3. The number of likely N-dealkylation sites (tertiary alicyclic amines) is 1. The van der Waals surface area contributed by atoms with Gasteiger partial charge in [-0.15, -0.1) is 11.8 Å². The van der Waals surface area contributed by atoms with E-state index in [1.807, 2.05) is 99.6 Å². The number of alkyl halides is 3. The zero-order valence-corrected chi connectivity index (χ0v) is 49.5. The Hall–Kier alpha value is -4.83. The lowest BCUT2D eigenvalue weighted by atomic mass is 10.00. The lowest BCUT2D eigenvalue weighted by Crippen LogP contribution is -2.46. The van der Waals surface area contributed by atoms with E-state index in [-0.39, 0.29) is 35.1 Å². The number of anilines is 4. The first-order chi connectivity index (χ1) is 37.8. The third-order valence-corrected chi connectivity index (χ3v) is 21.9. The fourth-order valence-electron chi connectivity index (χ4n) is 10.9. The summed E-state index contributed by atoms with van der Waals surface area (Å²) >= 11 is 7.73. The van der Waals surface area contributed by atoms with E-state index in [4.69, 9.17) is 20.6 Å². The van der Waals surface area contributed by atoms with Crippen molar-refractivity contribution in [1.82, 2.24) is 9.47 Å². The van der Waals surface area contributed by atoms with E-state index in [2.05, 4.69) is 24.6 Å². The monoisotopic (exact) mass is 1220 g/mol. The molecule has 80 heavy (non-hydrogen) atoms. The minimum Gasteiger partial charge on any atom is -0.380 e. The zero-order valence-electron chi connectivity index (χ0n) is 44.5. The molecule has 3 aliphatic rings. The maximum atomic E-state index is 15.0. The van der Waals surface area contributed by atoms with Crippen LogP contribution in [0.2, 0.25) is 5.02 Å². The molecule has 0 aliphatic carbocycles. The molecule has 1 aromatic heterocycles. The number of thioether (sulfide) groups is 1. The number of aromatic nitrogens is 1. The van der Waals surface area contributed by atoms with Crippen molar-refractivity contribution in [2.45, 2.75) is 78.4 Å². The summed E-state index contributed by atoms with van der Waals surface area (Å²) in [6, 6.07) is 34.7. The third kappa shape index (κ3) is 13.3. The van der Waals surface area contributed by atoms with E-state index in [1.54, 1.807) is 24.3 Å². The maximum absolute atomic E-state index is 15.0. The van der Waals surface area contributed by atoms with E-state index >= 15 is 4.57 Å². The van der Waals surface area contributed by atoms with Crippen LogP contribution >= 0.6 is 38.7 Å². The number of halogens is 4. The van der Waals surface area contributed by atoms with Gasteiger partial charge in [0.05, 0.1) is 40.8 Å². The van der Waals surface area contributed by atoms with Crippen molar-refractivity contribution in [3.05, 3.63) is 132 Å². The molecule has 0 unspecified atom stereocenters. The average molecular weight is 1220 g/mol. The van der Waals surface area contributed by atoms with Crippen LogP contribution in [0.15, 0.2) is 136 Å². The summed E-state index contributed by atoms with van der Waals surface area (Å²) in [7, 11) is -18.5. The number of benzene rings is 5. The molecule has 0 spiro atoms. The minimum atomic E-state index is -6.00. The quantitative estimate of drug-likeness (QED) is 0.0512. The van der Waals surface area contributed by atoms with Crippen molar-refractivity contribution in [3.8, 4) is 22.4 Å². The van der Waals surface area contributed by atoms with Crippen LogP contribution in [0.25, 0.3) is 22.4 Å². The molecule has 2 atom stereocenters. The molecule has 9 rings (SSSR count). The highest BCUT2D eigenvalue weighted by atomic mass is 35.5. The lowest BCUT2D eigenvalue weighted by molar-refractivity contribution is -0.0435. The Morgan fingerprint density at radius 2 is 1.45 bits per heavy atom. The Balaban J connectivity index is 0.919. The molecule has 25 heteroatoms. The molecule has 3 aliphatic heterocycles. The molecular formula is C55H64ClF3N6O10P2S3. The number of rotatable bonds is 19. The van der Waals surface area contributed by atoms with Gasteiger partial charge in [0, 0.05) is 108 Å². The third-order valence-electron chi connectivity index (χ3n) is 14.6. The Morgan fingerprint density at radius 1 is 0.812 bits per heavy atom. The highest BCUT2D eigenvalue weighted by molar-refractivity contribution is 7.99. The number of hydrogen-bond donors (Lipinski definition) is 3.